The van der Waals surface area contributed by atoms with Crippen LogP contribution in [0.15, 0.2) is 24.5 Å². The van der Waals surface area contributed by atoms with Crippen LogP contribution in [0.4, 0.5) is 10.8 Å². The lowest BCUT2D eigenvalue weighted by Crippen LogP contribution is -2.50. The molecule has 0 spiro atoms. The fourth-order valence-corrected chi connectivity index (χ4v) is 6.98. The summed E-state index contributed by atoms with van der Waals surface area (Å²) in [6.45, 7) is 6.69. The second-order valence-electron chi connectivity index (χ2n) is 8.73. The Morgan fingerprint density at radius 3 is 2.96 bits per heavy atom. The summed E-state index contributed by atoms with van der Waals surface area (Å²) in [6, 6.07) is 3.92. The zero-order valence-electron chi connectivity index (χ0n) is 15.9. The van der Waals surface area contributed by atoms with E-state index < -0.39 is 0 Å². The average molecular weight is 384 g/mol. The number of carbonyl (C=O) groups excluding carboxylic acids is 1. The summed E-state index contributed by atoms with van der Waals surface area (Å²) in [7, 11) is 0. The van der Waals surface area contributed by atoms with E-state index in [0.717, 1.165) is 30.1 Å². The quantitative estimate of drug-likeness (QED) is 0.772. The maximum Gasteiger partial charge on any atom is 0.309 e. The third kappa shape index (κ3) is 2.60. The smallest absolute Gasteiger partial charge is 0.309 e. The van der Waals surface area contributed by atoms with Gasteiger partial charge in [-0.1, -0.05) is 20.8 Å². The first-order chi connectivity index (χ1) is 13.0. The number of hydrogen-bond donors (Lipinski definition) is 1. The Labute approximate surface area is 163 Å². The standard InChI is InChI=1S/C21H25N3O2S/c1-11-14-6-7-21(3)9-15-17(12(2)16(21)18(14)26-19(11)25)24-20(27-15)23-13-5-4-8-22-10-13/h4-5,8,10-12,14,16,18H,6-7,9H2,1-3H3,(H,23,24)/t11-,12+,14-,16+,18+,21+/m0/s1. The minimum Gasteiger partial charge on any atom is -0.461 e. The van der Waals surface area contributed by atoms with Crippen molar-refractivity contribution in [2.24, 2.45) is 23.2 Å². The number of hydrogen-bond acceptors (Lipinski definition) is 6. The third-order valence-corrected chi connectivity index (χ3v) is 8.06. The zero-order valence-corrected chi connectivity index (χ0v) is 16.8. The van der Waals surface area contributed by atoms with Gasteiger partial charge in [0.1, 0.15) is 6.10 Å². The Morgan fingerprint density at radius 2 is 2.19 bits per heavy atom. The molecule has 1 saturated heterocycles. The monoisotopic (exact) mass is 383 g/mol. The van der Waals surface area contributed by atoms with E-state index in [1.165, 1.54) is 10.6 Å². The van der Waals surface area contributed by atoms with Crippen LogP contribution in [-0.4, -0.2) is 22.0 Å². The topological polar surface area (TPSA) is 64.1 Å². The normalized spacial score (nSPS) is 37.1. The summed E-state index contributed by atoms with van der Waals surface area (Å²) in [5.41, 5.74) is 2.32. The number of aromatic nitrogens is 2. The molecule has 2 fully saturated rings. The van der Waals surface area contributed by atoms with Gasteiger partial charge in [-0.05, 0) is 36.8 Å². The van der Waals surface area contributed by atoms with Crippen molar-refractivity contribution in [3.05, 3.63) is 35.1 Å². The lowest BCUT2D eigenvalue weighted by Gasteiger charge is -2.51. The molecule has 1 aliphatic heterocycles. The van der Waals surface area contributed by atoms with Gasteiger partial charge >= 0.3 is 5.97 Å². The molecule has 2 aromatic heterocycles. The summed E-state index contributed by atoms with van der Waals surface area (Å²) in [4.78, 5) is 22.7. The van der Waals surface area contributed by atoms with Crippen LogP contribution < -0.4 is 5.32 Å². The van der Waals surface area contributed by atoms with Gasteiger partial charge < -0.3 is 10.1 Å². The molecule has 0 radical (unpaired) electrons. The van der Waals surface area contributed by atoms with Crippen LogP contribution in [0.25, 0.3) is 0 Å². The van der Waals surface area contributed by atoms with E-state index in [0.29, 0.717) is 17.8 Å². The van der Waals surface area contributed by atoms with Crippen LogP contribution in [0, 0.1) is 23.2 Å². The van der Waals surface area contributed by atoms with E-state index in [1.807, 2.05) is 25.3 Å². The van der Waals surface area contributed by atoms with Crippen LogP contribution in [0.2, 0.25) is 0 Å². The lowest BCUT2D eigenvalue weighted by atomic mass is 9.54. The molecule has 3 aliphatic rings. The number of thiazole rings is 1. The maximum atomic E-state index is 12.2. The summed E-state index contributed by atoms with van der Waals surface area (Å²) in [6.07, 6.45) is 6.91. The highest BCUT2D eigenvalue weighted by Gasteiger charge is 2.58. The minimum atomic E-state index is -0.00976. The number of nitrogens with zero attached hydrogens (tertiary/aromatic N) is 2. The van der Waals surface area contributed by atoms with Crippen LogP contribution in [-0.2, 0) is 16.0 Å². The first-order valence-electron chi connectivity index (χ1n) is 9.83. The van der Waals surface area contributed by atoms with Gasteiger partial charge in [-0.2, -0.15) is 0 Å². The van der Waals surface area contributed by atoms with Crippen molar-refractivity contribution in [2.45, 2.75) is 52.1 Å². The number of fused-ring (bicyclic) bond motifs is 4. The maximum absolute atomic E-state index is 12.2. The van der Waals surface area contributed by atoms with Crippen molar-refractivity contribution < 1.29 is 9.53 Å². The molecule has 6 heteroatoms. The zero-order chi connectivity index (χ0) is 18.8. The number of pyridine rings is 1. The van der Waals surface area contributed by atoms with Crippen LogP contribution in [0.1, 0.15) is 50.1 Å². The van der Waals surface area contributed by atoms with Gasteiger partial charge in [0.05, 0.1) is 23.5 Å². The minimum absolute atomic E-state index is 0.00976. The van der Waals surface area contributed by atoms with Crippen molar-refractivity contribution in [3.63, 3.8) is 0 Å². The highest BCUT2D eigenvalue weighted by molar-refractivity contribution is 7.15. The summed E-state index contributed by atoms with van der Waals surface area (Å²) < 4.78 is 5.91. The first kappa shape index (κ1) is 17.2. The van der Waals surface area contributed by atoms with Crippen LogP contribution in [0.3, 0.4) is 0 Å². The average Bonchev–Trinajstić information content (AvgIpc) is 3.16. The summed E-state index contributed by atoms with van der Waals surface area (Å²) in [5.74, 6) is 1.04. The van der Waals surface area contributed by atoms with E-state index in [2.05, 4.69) is 24.1 Å². The number of ether oxygens (including phenoxy) is 1. The first-order valence-corrected chi connectivity index (χ1v) is 10.6. The lowest BCUT2D eigenvalue weighted by molar-refractivity contribution is -0.149. The van der Waals surface area contributed by atoms with Gasteiger partial charge in [-0.25, -0.2) is 4.98 Å². The Hall–Kier alpha value is -1.95. The molecule has 142 valence electrons. The fourth-order valence-electron chi connectivity index (χ4n) is 5.69. The molecule has 1 saturated carbocycles. The predicted octanol–water partition coefficient (Wildman–Crippen LogP) is 4.54. The molecule has 5 nitrogen and oxygen atoms in total. The number of anilines is 2. The molecule has 1 N–H and O–H groups in total. The number of nitrogens with one attached hydrogen (secondary N) is 1. The molecule has 0 bridgehead atoms. The van der Waals surface area contributed by atoms with E-state index >= 15 is 0 Å². The Bertz CT molecular complexity index is 883. The Kier molecular flexibility index (Phi) is 3.83. The van der Waals surface area contributed by atoms with E-state index in [4.69, 9.17) is 9.72 Å². The highest BCUT2D eigenvalue weighted by Crippen LogP contribution is 2.59. The Balaban J connectivity index is 1.48. The molecular weight excluding hydrogens is 358 g/mol. The Morgan fingerprint density at radius 1 is 1.33 bits per heavy atom. The largest absolute Gasteiger partial charge is 0.461 e. The fraction of sp³-hybridized carbons (Fsp3) is 0.571. The molecule has 3 heterocycles. The van der Waals surface area contributed by atoms with Crippen LogP contribution in [0.5, 0.6) is 0 Å². The van der Waals surface area contributed by atoms with Crippen LogP contribution >= 0.6 is 11.3 Å². The highest BCUT2D eigenvalue weighted by atomic mass is 32.1. The number of esters is 1. The number of carbonyl (C=O) groups is 1. The van der Waals surface area contributed by atoms with Crippen molar-refractivity contribution in [2.75, 3.05) is 5.32 Å². The van der Waals surface area contributed by atoms with Crippen molar-refractivity contribution in [1.29, 1.82) is 0 Å². The second-order valence-corrected chi connectivity index (χ2v) is 9.82. The van der Waals surface area contributed by atoms with Crippen molar-refractivity contribution >= 4 is 28.1 Å². The summed E-state index contributed by atoms with van der Waals surface area (Å²) in [5, 5.41) is 4.32. The molecule has 27 heavy (non-hydrogen) atoms. The van der Waals surface area contributed by atoms with E-state index in [9.17, 15) is 4.79 Å². The van der Waals surface area contributed by atoms with Crippen molar-refractivity contribution in [3.8, 4) is 0 Å². The molecule has 2 aliphatic carbocycles. The third-order valence-electron chi connectivity index (χ3n) is 7.07. The summed E-state index contributed by atoms with van der Waals surface area (Å²) >= 11 is 1.76. The molecular formula is C21H25N3O2S. The molecule has 0 amide bonds. The van der Waals surface area contributed by atoms with Gasteiger partial charge in [0.15, 0.2) is 5.13 Å². The second kappa shape index (κ2) is 6.03. The molecule has 2 aromatic rings. The van der Waals surface area contributed by atoms with Gasteiger partial charge in [-0.3, -0.25) is 9.78 Å². The predicted molar refractivity (Wildman–Crippen MR) is 105 cm³/mol. The molecule has 6 atom stereocenters. The molecule has 5 rings (SSSR count). The number of rotatable bonds is 2. The van der Waals surface area contributed by atoms with E-state index in [-0.39, 0.29) is 23.4 Å². The van der Waals surface area contributed by atoms with Gasteiger partial charge in [0.25, 0.3) is 0 Å². The van der Waals surface area contributed by atoms with Gasteiger partial charge in [0, 0.05) is 28.8 Å². The van der Waals surface area contributed by atoms with Crippen molar-refractivity contribution in [1.82, 2.24) is 9.97 Å². The SMILES string of the molecule is C[C@@H]1C(=O)O[C@@H]2[C@H]1CC[C@]1(C)Cc3sc(Nc4cccnc4)nc3[C@H](C)[C@H]21. The molecule has 0 aromatic carbocycles. The van der Waals surface area contributed by atoms with Gasteiger partial charge in [0.2, 0.25) is 0 Å². The van der Waals surface area contributed by atoms with Gasteiger partial charge in [-0.15, -0.1) is 11.3 Å². The van der Waals surface area contributed by atoms with E-state index in [1.54, 1.807) is 17.5 Å². The molecule has 0 unspecified atom stereocenters.